The Bertz CT molecular complexity index is 474. The van der Waals surface area contributed by atoms with Crippen molar-refractivity contribution >= 4 is 28.3 Å². The highest BCUT2D eigenvalue weighted by molar-refractivity contribution is 8.13. The number of hydrogen-bond acceptors (Lipinski definition) is 4. The maximum absolute atomic E-state index is 8.64. The van der Waals surface area contributed by atoms with Crippen LogP contribution in [-0.4, -0.2) is 17.5 Å². The zero-order chi connectivity index (χ0) is 13.5. The van der Waals surface area contributed by atoms with Crippen LogP contribution in [0.25, 0.3) is 0 Å². The number of amidine groups is 1. The molecule has 1 aromatic carbocycles. The number of nitrogens with zero attached hydrogens (tertiary/aromatic N) is 2. The summed E-state index contributed by atoms with van der Waals surface area (Å²) in [6, 6.07) is 6.28. The Kier molecular flexibility index (Phi) is 5.53. The van der Waals surface area contributed by atoms with Crippen molar-refractivity contribution in [2.24, 2.45) is 4.99 Å². The first-order chi connectivity index (χ1) is 8.58. The minimum Gasteiger partial charge on any atom is -0.381 e. The molecule has 18 heavy (non-hydrogen) atoms. The number of hydrogen-bond donors (Lipinski definition) is 2. The SMILES string of the molecule is CSC(=Nc1cccc(C)c1NC(C)C)NC#N. The summed E-state index contributed by atoms with van der Waals surface area (Å²) in [5.74, 6) is 0. The van der Waals surface area contributed by atoms with Gasteiger partial charge in [0.15, 0.2) is 11.4 Å². The molecule has 0 saturated carbocycles. The summed E-state index contributed by atoms with van der Waals surface area (Å²) in [7, 11) is 0. The Morgan fingerprint density at radius 2 is 2.17 bits per heavy atom. The molecule has 4 nitrogen and oxygen atoms in total. The standard InChI is InChI=1S/C13H18N4S/c1-9(2)16-12-10(3)6-5-7-11(12)17-13(18-4)15-8-14/h5-7,9,16H,1-4H3,(H,15,17). The van der Waals surface area contributed by atoms with E-state index in [9.17, 15) is 0 Å². The lowest BCUT2D eigenvalue weighted by molar-refractivity contribution is 0.897. The van der Waals surface area contributed by atoms with Gasteiger partial charge in [0.25, 0.3) is 0 Å². The first-order valence-corrected chi connectivity index (χ1v) is 6.95. The number of thioether (sulfide) groups is 1. The lowest BCUT2D eigenvalue weighted by Gasteiger charge is -2.15. The lowest BCUT2D eigenvalue weighted by atomic mass is 10.1. The van der Waals surface area contributed by atoms with Crippen molar-refractivity contribution in [3.8, 4) is 6.19 Å². The third-order valence-electron chi connectivity index (χ3n) is 2.26. The molecular formula is C13H18N4S. The topological polar surface area (TPSA) is 60.2 Å². The second kappa shape index (κ2) is 6.92. The molecule has 0 heterocycles. The molecule has 0 aliphatic rings. The van der Waals surface area contributed by atoms with Crippen LogP contribution in [0, 0.1) is 18.4 Å². The van der Waals surface area contributed by atoms with Crippen LogP contribution in [0.2, 0.25) is 0 Å². The fourth-order valence-corrected chi connectivity index (χ4v) is 1.84. The number of aliphatic imine (C=N–C) groups is 1. The third-order valence-corrected chi connectivity index (χ3v) is 2.84. The zero-order valence-corrected chi connectivity index (χ0v) is 11.9. The van der Waals surface area contributed by atoms with E-state index in [0.717, 1.165) is 16.9 Å². The summed E-state index contributed by atoms with van der Waals surface area (Å²) in [6.07, 6.45) is 3.78. The van der Waals surface area contributed by atoms with Crippen LogP contribution < -0.4 is 10.6 Å². The summed E-state index contributed by atoms with van der Waals surface area (Å²) in [6.45, 7) is 6.21. The molecular weight excluding hydrogens is 244 g/mol. The van der Waals surface area contributed by atoms with Crippen LogP contribution in [0.1, 0.15) is 19.4 Å². The summed E-state index contributed by atoms with van der Waals surface area (Å²) in [4.78, 5) is 4.46. The molecule has 1 aromatic rings. The van der Waals surface area contributed by atoms with E-state index >= 15 is 0 Å². The lowest BCUT2D eigenvalue weighted by Crippen LogP contribution is -2.14. The summed E-state index contributed by atoms with van der Waals surface area (Å²) in [5, 5.41) is 15.2. The van der Waals surface area contributed by atoms with E-state index < -0.39 is 0 Å². The van der Waals surface area contributed by atoms with Crippen molar-refractivity contribution in [1.82, 2.24) is 5.32 Å². The molecule has 0 aliphatic heterocycles. The second-order valence-electron chi connectivity index (χ2n) is 4.13. The smallest absolute Gasteiger partial charge is 0.183 e. The molecule has 0 saturated heterocycles. The predicted octanol–water partition coefficient (Wildman–Crippen LogP) is 3.24. The number of para-hydroxylation sites is 1. The first-order valence-electron chi connectivity index (χ1n) is 5.72. The summed E-state index contributed by atoms with van der Waals surface area (Å²) in [5.41, 5.74) is 3.00. The minimum absolute atomic E-state index is 0.335. The number of anilines is 1. The molecule has 0 radical (unpaired) electrons. The van der Waals surface area contributed by atoms with Crippen molar-refractivity contribution in [3.63, 3.8) is 0 Å². The molecule has 0 amide bonds. The van der Waals surface area contributed by atoms with Gasteiger partial charge in [-0.05, 0) is 38.7 Å². The molecule has 0 bridgehead atoms. The van der Waals surface area contributed by atoms with Gasteiger partial charge in [0, 0.05) is 6.04 Å². The Balaban J connectivity index is 3.15. The van der Waals surface area contributed by atoms with Gasteiger partial charge in [-0.1, -0.05) is 23.9 Å². The molecule has 0 unspecified atom stereocenters. The molecule has 96 valence electrons. The molecule has 2 N–H and O–H groups in total. The number of benzene rings is 1. The zero-order valence-electron chi connectivity index (χ0n) is 11.1. The van der Waals surface area contributed by atoms with Crippen LogP contribution in [0.3, 0.4) is 0 Å². The minimum atomic E-state index is 0.335. The summed E-state index contributed by atoms with van der Waals surface area (Å²) < 4.78 is 0. The van der Waals surface area contributed by atoms with Gasteiger partial charge in [-0.15, -0.1) is 0 Å². The third kappa shape index (κ3) is 3.97. The van der Waals surface area contributed by atoms with Gasteiger partial charge in [-0.2, -0.15) is 5.26 Å². The van der Waals surface area contributed by atoms with E-state index in [4.69, 9.17) is 5.26 Å². The van der Waals surface area contributed by atoms with E-state index in [1.807, 2.05) is 37.6 Å². The van der Waals surface area contributed by atoms with E-state index in [2.05, 4.69) is 29.5 Å². The molecule has 1 rings (SSSR count). The average Bonchev–Trinajstić information content (AvgIpc) is 2.32. The second-order valence-corrected chi connectivity index (χ2v) is 4.92. The largest absolute Gasteiger partial charge is 0.381 e. The van der Waals surface area contributed by atoms with E-state index in [1.54, 1.807) is 0 Å². The van der Waals surface area contributed by atoms with E-state index in [1.165, 1.54) is 11.8 Å². The van der Waals surface area contributed by atoms with Gasteiger partial charge in [0.05, 0.1) is 11.4 Å². The van der Waals surface area contributed by atoms with Crippen molar-refractivity contribution in [1.29, 1.82) is 5.26 Å². The normalized spacial score (nSPS) is 11.2. The van der Waals surface area contributed by atoms with Crippen LogP contribution in [0.4, 0.5) is 11.4 Å². The van der Waals surface area contributed by atoms with Crippen molar-refractivity contribution < 1.29 is 0 Å². The molecule has 0 spiro atoms. The molecule has 0 atom stereocenters. The Morgan fingerprint density at radius 1 is 1.44 bits per heavy atom. The molecule has 5 heteroatoms. The number of rotatable bonds is 3. The quantitative estimate of drug-likeness (QED) is 0.380. The van der Waals surface area contributed by atoms with Gasteiger partial charge < -0.3 is 5.32 Å². The Labute approximate surface area is 112 Å². The maximum Gasteiger partial charge on any atom is 0.183 e. The van der Waals surface area contributed by atoms with Crippen molar-refractivity contribution in [2.45, 2.75) is 26.8 Å². The highest BCUT2D eigenvalue weighted by Crippen LogP contribution is 2.29. The number of nitrogens with one attached hydrogen (secondary N) is 2. The van der Waals surface area contributed by atoms with Gasteiger partial charge in [0.1, 0.15) is 0 Å². The Hall–Kier alpha value is -1.67. The van der Waals surface area contributed by atoms with Crippen LogP contribution in [0.5, 0.6) is 0 Å². The fraction of sp³-hybridized carbons (Fsp3) is 0.385. The van der Waals surface area contributed by atoms with Crippen LogP contribution in [0.15, 0.2) is 23.2 Å². The first kappa shape index (κ1) is 14.4. The highest BCUT2D eigenvalue weighted by atomic mass is 32.2. The monoisotopic (exact) mass is 262 g/mol. The molecule has 0 fully saturated rings. The van der Waals surface area contributed by atoms with Crippen molar-refractivity contribution in [3.05, 3.63) is 23.8 Å². The van der Waals surface area contributed by atoms with E-state index in [-0.39, 0.29) is 0 Å². The average molecular weight is 262 g/mol. The van der Waals surface area contributed by atoms with Gasteiger partial charge in [-0.25, -0.2) is 4.99 Å². The van der Waals surface area contributed by atoms with Crippen molar-refractivity contribution in [2.75, 3.05) is 11.6 Å². The maximum atomic E-state index is 8.64. The fourth-order valence-electron chi connectivity index (χ4n) is 1.50. The summed E-state index contributed by atoms with van der Waals surface area (Å²) >= 11 is 1.41. The van der Waals surface area contributed by atoms with E-state index in [0.29, 0.717) is 11.2 Å². The number of aryl methyl sites for hydroxylation is 1. The molecule has 0 aliphatic carbocycles. The van der Waals surface area contributed by atoms with Crippen LogP contribution in [-0.2, 0) is 0 Å². The Morgan fingerprint density at radius 3 is 2.72 bits per heavy atom. The molecule has 0 aromatic heterocycles. The van der Waals surface area contributed by atoms with Crippen LogP contribution >= 0.6 is 11.8 Å². The van der Waals surface area contributed by atoms with Gasteiger partial charge in [-0.3, -0.25) is 5.32 Å². The predicted molar refractivity (Wildman–Crippen MR) is 79.3 cm³/mol. The highest BCUT2D eigenvalue weighted by Gasteiger charge is 2.07. The van der Waals surface area contributed by atoms with Gasteiger partial charge in [0.2, 0.25) is 0 Å². The number of nitriles is 1. The van der Waals surface area contributed by atoms with Gasteiger partial charge >= 0.3 is 0 Å².